The number of rotatable bonds is 2. The number of hydrogen-bond acceptors (Lipinski definition) is 3. The first-order valence-electron chi connectivity index (χ1n) is 5.57. The van der Waals surface area contributed by atoms with Gasteiger partial charge in [0.25, 0.3) is 0 Å². The summed E-state index contributed by atoms with van der Waals surface area (Å²) in [6.07, 6.45) is 1.75. The summed E-state index contributed by atoms with van der Waals surface area (Å²) in [5, 5.41) is 0. The Kier molecular flexibility index (Phi) is 2.85. The average molecular weight is 303 g/mol. The van der Waals surface area contributed by atoms with E-state index in [1.54, 1.807) is 6.20 Å². The van der Waals surface area contributed by atoms with E-state index in [2.05, 4.69) is 30.9 Å². The lowest BCUT2D eigenvalue weighted by molar-refractivity contribution is 1.07. The molecule has 0 radical (unpaired) electrons. The molecule has 0 bridgehead atoms. The molecule has 0 saturated carbocycles. The zero-order valence-corrected chi connectivity index (χ0v) is 11.1. The zero-order chi connectivity index (χ0) is 12.5. The van der Waals surface area contributed by atoms with Crippen molar-refractivity contribution < 1.29 is 0 Å². The normalized spacial score (nSPS) is 11.0. The number of fused-ring (bicyclic) bond motifs is 1. The molecule has 18 heavy (non-hydrogen) atoms. The number of H-pyrrole nitrogens is 1. The summed E-state index contributed by atoms with van der Waals surface area (Å²) in [6.45, 7) is 0.525. The molecule has 0 amide bonds. The summed E-state index contributed by atoms with van der Waals surface area (Å²) < 4.78 is 0.920. The lowest BCUT2D eigenvalue weighted by atomic mass is 10.2. The smallest absolute Gasteiger partial charge is 0.158 e. The van der Waals surface area contributed by atoms with E-state index in [9.17, 15) is 0 Å². The minimum absolute atomic E-state index is 0.525. The van der Waals surface area contributed by atoms with Gasteiger partial charge in [0, 0.05) is 17.2 Å². The fraction of sp³-hybridized carbons (Fsp3) is 0.0769. The molecular weight excluding hydrogens is 292 g/mol. The molecule has 0 aliphatic heterocycles. The highest BCUT2D eigenvalue weighted by atomic mass is 79.9. The van der Waals surface area contributed by atoms with Crippen molar-refractivity contribution in [2.75, 3.05) is 0 Å². The summed E-state index contributed by atoms with van der Waals surface area (Å²) in [6, 6.07) is 9.79. The van der Waals surface area contributed by atoms with Gasteiger partial charge < -0.3 is 10.7 Å². The zero-order valence-electron chi connectivity index (χ0n) is 9.52. The quantitative estimate of drug-likeness (QED) is 0.765. The first-order valence-corrected chi connectivity index (χ1v) is 6.37. The topological polar surface area (TPSA) is 67.6 Å². The molecule has 0 atom stereocenters. The third kappa shape index (κ3) is 1.91. The number of nitrogens with one attached hydrogen (secondary N) is 1. The average Bonchev–Trinajstić information content (AvgIpc) is 2.81. The number of pyridine rings is 1. The van der Waals surface area contributed by atoms with Crippen molar-refractivity contribution in [2.45, 2.75) is 6.54 Å². The molecule has 3 rings (SSSR count). The molecule has 2 heterocycles. The van der Waals surface area contributed by atoms with E-state index in [1.807, 2.05) is 30.3 Å². The first-order chi connectivity index (χ1) is 8.78. The van der Waals surface area contributed by atoms with Gasteiger partial charge in [-0.1, -0.05) is 6.07 Å². The van der Waals surface area contributed by atoms with Crippen LogP contribution in [0.4, 0.5) is 0 Å². The maximum atomic E-state index is 5.63. The monoisotopic (exact) mass is 302 g/mol. The van der Waals surface area contributed by atoms with Crippen molar-refractivity contribution in [2.24, 2.45) is 5.73 Å². The van der Waals surface area contributed by atoms with Gasteiger partial charge in [-0.25, -0.2) is 4.98 Å². The molecule has 0 aliphatic rings. The van der Waals surface area contributed by atoms with Crippen molar-refractivity contribution in [1.82, 2.24) is 15.0 Å². The van der Waals surface area contributed by atoms with Crippen molar-refractivity contribution in [1.29, 1.82) is 0 Å². The van der Waals surface area contributed by atoms with Crippen molar-refractivity contribution in [3.8, 4) is 11.5 Å². The first kappa shape index (κ1) is 11.4. The number of aromatic nitrogens is 3. The van der Waals surface area contributed by atoms with Gasteiger partial charge in [-0.05, 0) is 45.8 Å². The highest BCUT2D eigenvalue weighted by molar-refractivity contribution is 9.10. The molecule has 90 valence electrons. The molecule has 0 saturated heterocycles. The van der Waals surface area contributed by atoms with Gasteiger partial charge in [-0.15, -0.1) is 0 Å². The Morgan fingerprint density at radius 2 is 2.17 bits per heavy atom. The summed E-state index contributed by atoms with van der Waals surface area (Å²) >= 11 is 3.48. The van der Waals surface area contributed by atoms with Gasteiger partial charge in [0.1, 0.15) is 5.69 Å². The Morgan fingerprint density at radius 3 is 2.94 bits per heavy atom. The van der Waals surface area contributed by atoms with Crippen LogP contribution < -0.4 is 5.73 Å². The van der Waals surface area contributed by atoms with Gasteiger partial charge in [0.15, 0.2) is 5.82 Å². The molecule has 3 aromatic rings. The van der Waals surface area contributed by atoms with E-state index in [0.29, 0.717) is 6.54 Å². The Balaban J connectivity index is 2.17. The van der Waals surface area contributed by atoms with Gasteiger partial charge in [0.05, 0.1) is 11.0 Å². The number of aromatic amines is 1. The van der Waals surface area contributed by atoms with Crippen molar-refractivity contribution in [3.63, 3.8) is 0 Å². The maximum absolute atomic E-state index is 5.63. The second-order valence-electron chi connectivity index (χ2n) is 3.97. The summed E-state index contributed by atoms with van der Waals surface area (Å²) in [4.78, 5) is 12.1. The largest absolute Gasteiger partial charge is 0.337 e. The van der Waals surface area contributed by atoms with Gasteiger partial charge in [0.2, 0.25) is 0 Å². The predicted octanol–water partition coefficient (Wildman–Crippen LogP) is 2.85. The SMILES string of the molecule is NCc1ccc2nc(-c3ncccc3Br)[nH]c2c1. The van der Waals surface area contributed by atoms with Crippen molar-refractivity contribution >= 4 is 27.0 Å². The minimum atomic E-state index is 0.525. The summed E-state index contributed by atoms with van der Waals surface area (Å²) in [5.74, 6) is 0.756. The third-order valence-corrected chi connectivity index (χ3v) is 3.40. The molecule has 1 aromatic carbocycles. The number of imidazole rings is 1. The Hall–Kier alpha value is -1.72. The molecule has 0 unspecified atom stereocenters. The lowest BCUT2D eigenvalue weighted by Gasteiger charge is -1.97. The van der Waals surface area contributed by atoms with Gasteiger partial charge in [-0.3, -0.25) is 4.98 Å². The van der Waals surface area contributed by atoms with E-state index in [1.165, 1.54) is 0 Å². The molecule has 2 aromatic heterocycles. The van der Waals surface area contributed by atoms with Crippen LogP contribution in [0.25, 0.3) is 22.6 Å². The van der Waals surface area contributed by atoms with Crippen LogP contribution in [0.15, 0.2) is 41.0 Å². The van der Waals surface area contributed by atoms with E-state index in [0.717, 1.165) is 32.6 Å². The number of nitrogens with two attached hydrogens (primary N) is 1. The van der Waals surface area contributed by atoms with Crippen LogP contribution >= 0.6 is 15.9 Å². The van der Waals surface area contributed by atoms with Crippen LogP contribution in [0.2, 0.25) is 0 Å². The van der Waals surface area contributed by atoms with Crippen molar-refractivity contribution in [3.05, 3.63) is 46.6 Å². The van der Waals surface area contributed by atoms with E-state index >= 15 is 0 Å². The molecule has 4 nitrogen and oxygen atoms in total. The summed E-state index contributed by atoms with van der Waals surface area (Å²) in [5.41, 5.74) is 9.41. The number of benzene rings is 1. The molecule has 0 aliphatic carbocycles. The highest BCUT2D eigenvalue weighted by Gasteiger charge is 2.09. The fourth-order valence-electron chi connectivity index (χ4n) is 1.86. The molecular formula is C13H11BrN4. The van der Waals surface area contributed by atoms with E-state index in [-0.39, 0.29) is 0 Å². The van der Waals surface area contributed by atoms with Crippen LogP contribution in [0, 0.1) is 0 Å². The Morgan fingerprint density at radius 1 is 1.28 bits per heavy atom. The van der Waals surface area contributed by atoms with Crippen LogP contribution in [0.1, 0.15) is 5.56 Å². The van der Waals surface area contributed by atoms with Crippen LogP contribution in [0.3, 0.4) is 0 Å². The molecule has 0 fully saturated rings. The summed E-state index contributed by atoms with van der Waals surface area (Å²) in [7, 11) is 0. The molecule has 5 heteroatoms. The predicted molar refractivity (Wildman–Crippen MR) is 74.9 cm³/mol. The maximum Gasteiger partial charge on any atom is 0.158 e. The standard InChI is InChI=1S/C13H11BrN4/c14-9-2-1-5-16-12(9)13-17-10-4-3-8(7-15)6-11(10)18-13/h1-6H,7,15H2,(H,17,18). The molecule has 0 spiro atoms. The fourth-order valence-corrected chi connectivity index (χ4v) is 2.30. The highest BCUT2D eigenvalue weighted by Crippen LogP contribution is 2.25. The van der Waals surface area contributed by atoms with Crippen LogP contribution in [0.5, 0.6) is 0 Å². The second kappa shape index (κ2) is 4.51. The second-order valence-corrected chi connectivity index (χ2v) is 4.83. The van der Waals surface area contributed by atoms with Gasteiger partial charge in [-0.2, -0.15) is 0 Å². The third-order valence-electron chi connectivity index (χ3n) is 2.76. The van der Waals surface area contributed by atoms with Crippen LogP contribution in [-0.4, -0.2) is 15.0 Å². The number of halogens is 1. The number of nitrogens with zero attached hydrogens (tertiary/aromatic N) is 2. The van der Waals surface area contributed by atoms with Gasteiger partial charge >= 0.3 is 0 Å². The molecule has 3 N–H and O–H groups in total. The Labute approximate surface area is 112 Å². The minimum Gasteiger partial charge on any atom is -0.337 e. The van der Waals surface area contributed by atoms with E-state index < -0.39 is 0 Å². The van der Waals surface area contributed by atoms with Crippen LogP contribution in [-0.2, 0) is 6.54 Å². The lowest BCUT2D eigenvalue weighted by Crippen LogP contribution is -1.95. The number of hydrogen-bond donors (Lipinski definition) is 2. The Bertz CT molecular complexity index is 705. The van der Waals surface area contributed by atoms with E-state index in [4.69, 9.17) is 5.73 Å².